The van der Waals surface area contributed by atoms with Gasteiger partial charge in [0.05, 0.1) is 0 Å². The monoisotopic (exact) mass is 1410 g/mol. The van der Waals surface area contributed by atoms with Crippen molar-refractivity contribution in [3.63, 3.8) is 0 Å². The molecule has 0 bridgehead atoms. The number of allylic oxidation sites excluding steroid dienone is 8. The highest BCUT2D eigenvalue weighted by atomic mass is 16.6. The molecular formula is C87H157NO12. The van der Waals surface area contributed by atoms with Crippen molar-refractivity contribution >= 4 is 35.8 Å². The van der Waals surface area contributed by atoms with Crippen LogP contribution in [0.3, 0.4) is 0 Å². The average Bonchev–Trinajstić information content (AvgIpc) is 1.27. The lowest BCUT2D eigenvalue weighted by Gasteiger charge is -2.19. The van der Waals surface area contributed by atoms with Crippen LogP contribution in [0.4, 0.5) is 0 Å². The van der Waals surface area contributed by atoms with Crippen LogP contribution in [0.25, 0.3) is 0 Å². The van der Waals surface area contributed by atoms with Crippen molar-refractivity contribution in [3.05, 3.63) is 48.6 Å². The molecule has 0 saturated heterocycles. The van der Waals surface area contributed by atoms with Crippen LogP contribution < -0.4 is 0 Å². The van der Waals surface area contributed by atoms with Crippen LogP contribution in [0.15, 0.2) is 48.6 Å². The van der Waals surface area contributed by atoms with Crippen molar-refractivity contribution < 1.29 is 57.2 Å². The van der Waals surface area contributed by atoms with E-state index in [-0.39, 0.29) is 88.8 Å². The van der Waals surface area contributed by atoms with Crippen LogP contribution in [0.5, 0.6) is 0 Å². The first-order chi connectivity index (χ1) is 49.0. The molecule has 13 heteroatoms. The average molecular weight is 1410 g/mol. The molecule has 0 N–H and O–H groups in total. The van der Waals surface area contributed by atoms with E-state index >= 15 is 0 Å². The number of nitrogens with zero attached hydrogens (tertiary/aromatic N) is 1. The predicted octanol–water partition coefficient (Wildman–Crippen LogP) is 24.6. The Hall–Kier alpha value is -4.26. The molecule has 0 spiro atoms. The van der Waals surface area contributed by atoms with E-state index in [0.29, 0.717) is 38.8 Å². The van der Waals surface area contributed by atoms with Crippen molar-refractivity contribution in [1.29, 1.82) is 0 Å². The van der Waals surface area contributed by atoms with Crippen molar-refractivity contribution in [2.75, 3.05) is 46.6 Å². The highest BCUT2D eigenvalue weighted by molar-refractivity contribution is 5.72. The van der Waals surface area contributed by atoms with Gasteiger partial charge in [0.25, 0.3) is 0 Å². The van der Waals surface area contributed by atoms with E-state index in [9.17, 15) is 28.8 Å². The van der Waals surface area contributed by atoms with Crippen LogP contribution in [0.1, 0.15) is 413 Å². The molecule has 582 valence electrons. The summed E-state index contributed by atoms with van der Waals surface area (Å²) in [6.07, 6.45) is 79.8. The summed E-state index contributed by atoms with van der Waals surface area (Å²) in [6, 6.07) is 0. The maximum Gasteiger partial charge on any atom is 0.306 e. The fourth-order valence-electron chi connectivity index (χ4n) is 12.2. The van der Waals surface area contributed by atoms with Gasteiger partial charge in [0.2, 0.25) is 0 Å². The largest absolute Gasteiger partial charge is 0.462 e. The van der Waals surface area contributed by atoms with E-state index in [1.54, 1.807) is 0 Å². The molecular weight excluding hydrogens is 1250 g/mol. The molecule has 0 heterocycles. The van der Waals surface area contributed by atoms with Gasteiger partial charge in [-0.25, -0.2) is 0 Å². The minimum Gasteiger partial charge on any atom is -0.462 e. The number of ether oxygens (including phenoxy) is 6. The number of hydrogen-bond acceptors (Lipinski definition) is 13. The quantitative estimate of drug-likeness (QED) is 0.0245. The van der Waals surface area contributed by atoms with Gasteiger partial charge in [0.1, 0.15) is 26.4 Å². The maximum absolute atomic E-state index is 13.1. The Kier molecular flexibility index (Phi) is 75.5. The molecule has 2 atom stereocenters. The predicted molar refractivity (Wildman–Crippen MR) is 417 cm³/mol. The third kappa shape index (κ3) is 74.9. The lowest BCUT2D eigenvalue weighted by Crippen LogP contribution is -2.31. The van der Waals surface area contributed by atoms with E-state index in [2.05, 4.69) is 76.3 Å². The molecule has 0 aromatic heterocycles. The Bertz CT molecular complexity index is 1830. The minimum absolute atomic E-state index is 0.136. The summed E-state index contributed by atoms with van der Waals surface area (Å²) in [6.45, 7) is 9.42. The van der Waals surface area contributed by atoms with E-state index in [4.69, 9.17) is 28.4 Å². The van der Waals surface area contributed by atoms with Crippen molar-refractivity contribution in [2.24, 2.45) is 0 Å². The number of carbonyl (C=O) groups is 6. The van der Waals surface area contributed by atoms with Gasteiger partial charge in [-0.2, -0.15) is 0 Å². The van der Waals surface area contributed by atoms with Crippen LogP contribution in [-0.2, 0) is 57.2 Å². The number of carbonyl (C=O) groups excluding carboxylic acids is 6. The fraction of sp³-hybridized carbons (Fsp3) is 0.839. The summed E-state index contributed by atoms with van der Waals surface area (Å²) in [5.41, 5.74) is 0. The van der Waals surface area contributed by atoms with Gasteiger partial charge in [-0.1, -0.05) is 282 Å². The first kappa shape index (κ1) is 95.7. The van der Waals surface area contributed by atoms with E-state index in [0.717, 1.165) is 141 Å². The third-order valence-electron chi connectivity index (χ3n) is 18.7. The zero-order valence-corrected chi connectivity index (χ0v) is 65.8. The summed E-state index contributed by atoms with van der Waals surface area (Å²) >= 11 is 0. The first-order valence-electron chi connectivity index (χ1n) is 42.3. The maximum atomic E-state index is 13.1. The number of unbranched alkanes of at least 4 members (excludes halogenated alkanes) is 44. The van der Waals surface area contributed by atoms with Gasteiger partial charge in [-0.3, -0.25) is 28.8 Å². The number of esters is 6. The highest BCUT2D eigenvalue weighted by Gasteiger charge is 2.22. The topological polar surface area (TPSA) is 161 Å². The third-order valence-corrected chi connectivity index (χ3v) is 18.7. The molecule has 100 heavy (non-hydrogen) atoms. The van der Waals surface area contributed by atoms with Crippen LogP contribution in [-0.4, -0.2) is 99.5 Å². The summed E-state index contributed by atoms with van der Waals surface area (Å²) < 4.78 is 34.0. The summed E-state index contributed by atoms with van der Waals surface area (Å²) in [5, 5.41) is 0. The molecule has 0 amide bonds. The first-order valence-corrected chi connectivity index (χ1v) is 42.3. The lowest BCUT2D eigenvalue weighted by molar-refractivity contribution is -0.167. The SMILES string of the molecule is CCCCCCCC/C=C\CCCCCCCC(=O)OC[C@H](COC(=O)CCCN(C)CCCC(=O)OC[C@@H](COC(=O)CCCCCCC/C=C\CCCCCCCC)OC(=O)CCCCCCC/C=C\CCCCCCCC)OC(=O)CCCCCCC/C=C\CCCCCCCC. The van der Waals surface area contributed by atoms with Gasteiger partial charge in [-0.05, 0) is 161 Å². The summed E-state index contributed by atoms with van der Waals surface area (Å²) in [5.74, 6) is -2.35. The zero-order chi connectivity index (χ0) is 72.8. The van der Waals surface area contributed by atoms with Crippen molar-refractivity contribution in [1.82, 2.24) is 4.90 Å². The fourth-order valence-corrected chi connectivity index (χ4v) is 12.2. The van der Waals surface area contributed by atoms with Crippen molar-refractivity contribution in [3.8, 4) is 0 Å². The molecule has 0 unspecified atom stereocenters. The van der Waals surface area contributed by atoms with Gasteiger partial charge in [-0.15, -0.1) is 0 Å². The van der Waals surface area contributed by atoms with Gasteiger partial charge in [0.15, 0.2) is 12.2 Å². The standard InChI is InChI=1S/C87H157NO12/c1-6-10-14-18-22-26-30-34-38-42-46-50-54-58-62-68-82(89)95-76-80(99-86(93)70-64-60-56-52-48-44-40-36-32-28-24-20-16-12-8-3)78-97-84(91)72-66-74-88(5)75-67-73-85(92)98-79-81(100-87(94)71-65-61-57-53-49-45-41-37-33-29-25-21-17-13-9-4)77-96-83(90)69-63-59-55-51-47-43-39-35-31-27-23-19-15-11-7-2/h34-41,80-81H,6-33,42-79H2,1-5H3/b38-34-,39-35-,40-36-,41-37-/t80-,81-/m1/s1. The van der Waals surface area contributed by atoms with Crippen molar-refractivity contribution in [2.45, 2.75) is 425 Å². The Labute approximate surface area is 615 Å². The second-order valence-corrected chi connectivity index (χ2v) is 28.8. The second kappa shape index (κ2) is 78.9. The minimum atomic E-state index is -0.897. The van der Waals surface area contributed by atoms with Crippen LogP contribution in [0, 0.1) is 0 Å². The molecule has 0 rings (SSSR count). The second-order valence-electron chi connectivity index (χ2n) is 28.8. The molecule has 13 nitrogen and oxygen atoms in total. The smallest absolute Gasteiger partial charge is 0.306 e. The molecule has 0 aliphatic rings. The molecule has 0 saturated carbocycles. The van der Waals surface area contributed by atoms with Gasteiger partial charge < -0.3 is 33.3 Å². The Morgan fingerprint density at radius 3 is 0.610 bits per heavy atom. The van der Waals surface area contributed by atoms with Gasteiger partial charge in [0, 0.05) is 38.5 Å². The van der Waals surface area contributed by atoms with Crippen LogP contribution >= 0.6 is 0 Å². The van der Waals surface area contributed by atoms with E-state index < -0.39 is 24.1 Å². The molecule has 0 aliphatic heterocycles. The summed E-state index contributed by atoms with van der Waals surface area (Å²) in [7, 11) is 1.92. The highest BCUT2D eigenvalue weighted by Crippen LogP contribution is 2.18. The van der Waals surface area contributed by atoms with Crippen LogP contribution in [0.2, 0.25) is 0 Å². The lowest BCUT2D eigenvalue weighted by atomic mass is 10.1. The Balaban J connectivity index is 5.07. The van der Waals surface area contributed by atoms with Gasteiger partial charge >= 0.3 is 35.8 Å². The molecule has 0 radical (unpaired) electrons. The molecule has 0 fully saturated rings. The summed E-state index contributed by atoms with van der Waals surface area (Å²) in [4.78, 5) is 79.9. The Morgan fingerprint density at radius 2 is 0.400 bits per heavy atom. The normalized spacial score (nSPS) is 12.4. The number of hydrogen-bond donors (Lipinski definition) is 0. The Morgan fingerprint density at radius 1 is 0.230 bits per heavy atom. The van der Waals surface area contributed by atoms with E-state index in [1.807, 2.05) is 11.9 Å². The molecule has 0 aliphatic carbocycles. The molecule has 0 aromatic rings. The zero-order valence-electron chi connectivity index (χ0n) is 65.8. The number of rotatable bonds is 78. The molecule has 0 aromatic carbocycles. The van der Waals surface area contributed by atoms with E-state index in [1.165, 1.54) is 180 Å².